The molecule has 5 rings (SSSR count). The summed E-state index contributed by atoms with van der Waals surface area (Å²) in [4.78, 5) is 15.1. The lowest BCUT2D eigenvalue weighted by Crippen LogP contribution is -2.40. The molecule has 3 aliphatic rings. The van der Waals surface area contributed by atoms with Crippen molar-refractivity contribution in [3.63, 3.8) is 0 Å². The zero-order valence-corrected chi connectivity index (χ0v) is 18.0. The molecule has 1 amide bonds. The molecule has 3 heterocycles. The number of amides is 1. The number of carbonyl (C=O) groups excluding carboxylic acids is 1. The van der Waals surface area contributed by atoms with Gasteiger partial charge < -0.3 is 18.9 Å². The van der Waals surface area contributed by atoms with Gasteiger partial charge in [-0.15, -0.1) is 0 Å². The van der Waals surface area contributed by atoms with Crippen molar-refractivity contribution >= 4 is 16.8 Å². The molecule has 1 aromatic carbocycles. The highest BCUT2D eigenvalue weighted by Crippen LogP contribution is 2.46. The smallest absolute Gasteiger partial charge is 0.256 e. The second-order valence-electron chi connectivity index (χ2n) is 9.50. The largest absolute Gasteiger partial charge is 0.381 e. The molecule has 0 N–H and O–H groups in total. The molecule has 3 fully saturated rings. The molecule has 0 radical (unpaired) electrons. The molecule has 2 saturated heterocycles. The van der Waals surface area contributed by atoms with E-state index in [0.717, 1.165) is 36.6 Å². The molecule has 0 unspecified atom stereocenters. The van der Waals surface area contributed by atoms with Gasteiger partial charge in [-0.05, 0) is 62.3 Å². The van der Waals surface area contributed by atoms with Gasteiger partial charge in [0.15, 0.2) is 0 Å². The minimum absolute atomic E-state index is 0.146. The Morgan fingerprint density at radius 3 is 2.43 bits per heavy atom. The van der Waals surface area contributed by atoms with E-state index in [4.69, 9.17) is 9.47 Å². The Bertz CT molecular complexity index is 868. The topological polar surface area (TPSA) is 43.7 Å². The van der Waals surface area contributed by atoms with Crippen molar-refractivity contribution in [2.75, 3.05) is 39.5 Å². The van der Waals surface area contributed by atoms with E-state index >= 15 is 0 Å². The number of hydrogen-bond donors (Lipinski definition) is 0. The van der Waals surface area contributed by atoms with E-state index in [1.165, 1.54) is 50.5 Å². The second kappa shape index (κ2) is 8.72. The quantitative estimate of drug-likeness (QED) is 0.746. The number of nitrogens with zero attached hydrogens (tertiary/aromatic N) is 2. The summed E-state index contributed by atoms with van der Waals surface area (Å²) in [7, 11) is 0. The lowest BCUT2D eigenvalue weighted by atomic mass is 9.66. The van der Waals surface area contributed by atoms with Crippen LogP contribution in [0.2, 0.25) is 0 Å². The van der Waals surface area contributed by atoms with E-state index < -0.39 is 0 Å². The van der Waals surface area contributed by atoms with Crippen LogP contribution in [-0.2, 0) is 16.0 Å². The Hall–Kier alpha value is -1.85. The highest BCUT2D eigenvalue weighted by Gasteiger charge is 2.36. The summed E-state index contributed by atoms with van der Waals surface area (Å²) in [5.41, 5.74) is 2.61. The summed E-state index contributed by atoms with van der Waals surface area (Å²) in [6.07, 6.45) is 11.3. The number of ether oxygens (including phenoxy) is 2. The molecule has 0 bridgehead atoms. The third kappa shape index (κ3) is 4.02. The zero-order chi connectivity index (χ0) is 20.4. The standard InChI is InChI=1S/C25H34N2O3/c28-24(26-13-17-30-18-14-26)22-19-27(23-4-2-1-3-21(22)23)12-7-20-5-8-25(9-6-20)10-15-29-16-11-25/h1-4,19-20H,5-18H2. The first kappa shape index (κ1) is 20.1. The van der Waals surface area contributed by atoms with Gasteiger partial charge in [-0.25, -0.2) is 0 Å². The van der Waals surface area contributed by atoms with Crippen LogP contribution in [0, 0.1) is 11.3 Å². The first-order chi connectivity index (χ1) is 14.7. The van der Waals surface area contributed by atoms with E-state index in [1.807, 2.05) is 11.0 Å². The van der Waals surface area contributed by atoms with Gasteiger partial charge in [0.25, 0.3) is 5.91 Å². The first-order valence-corrected chi connectivity index (χ1v) is 11.8. The predicted octanol–water partition coefficient (Wildman–Crippen LogP) is 4.49. The first-order valence-electron chi connectivity index (χ1n) is 11.8. The van der Waals surface area contributed by atoms with Crippen LogP contribution in [0.4, 0.5) is 0 Å². The maximum Gasteiger partial charge on any atom is 0.256 e. The molecular formula is C25H34N2O3. The average molecular weight is 411 g/mol. The summed E-state index contributed by atoms with van der Waals surface area (Å²) >= 11 is 0. The fourth-order valence-corrected chi connectivity index (χ4v) is 5.74. The van der Waals surface area contributed by atoms with Gasteiger partial charge >= 0.3 is 0 Å². The van der Waals surface area contributed by atoms with Gasteiger partial charge in [0.05, 0.1) is 18.8 Å². The Morgan fingerprint density at radius 2 is 1.67 bits per heavy atom. The molecular weight excluding hydrogens is 376 g/mol. The SMILES string of the molecule is O=C(c1cn(CCC2CCC3(CCOCC3)CC2)c2ccccc12)N1CCOCC1. The summed E-state index contributed by atoms with van der Waals surface area (Å²) in [6, 6.07) is 8.37. The molecule has 30 heavy (non-hydrogen) atoms. The maximum absolute atomic E-state index is 13.2. The van der Waals surface area contributed by atoms with Crippen LogP contribution in [0.15, 0.2) is 30.5 Å². The third-order valence-electron chi connectivity index (χ3n) is 7.81. The number of hydrogen-bond acceptors (Lipinski definition) is 3. The van der Waals surface area contributed by atoms with Crippen LogP contribution in [0.1, 0.15) is 55.3 Å². The minimum atomic E-state index is 0.146. The summed E-state index contributed by atoms with van der Waals surface area (Å²) in [5.74, 6) is 0.949. The summed E-state index contributed by atoms with van der Waals surface area (Å²) in [6.45, 7) is 5.57. The minimum Gasteiger partial charge on any atom is -0.381 e. The van der Waals surface area contributed by atoms with E-state index in [9.17, 15) is 4.79 Å². The molecule has 5 heteroatoms. The van der Waals surface area contributed by atoms with Gasteiger partial charge in [-0.3, -0.25) is 4.79 Å². The van der Waals surface area contributed by atoms with Crippen molar-refractivity contribution in [3.05, 3.63) is 36.0 Å². The van der Waals surface area contributed by atoms with Gasteiger partial charge in [-0.2, -0.15) is 0 Å². The summed E-state index contributed by atoms with van der Waals surface area (Å²) in [5, 5.41) is 1.08. The molecule has 5 nitrogen and oxygen atoms in total. The monoisotopic (exact) mass is 410 g/mol. The number of morpholine rings is 1. The Balaban J connectivity index is 1.26. The van der Waals surface area contributed by atoms with Crippen molar-refractivity contribution < 1.29 is 14.3 Å². The van der Waals surface area contributed by atoms with Crippen LogP contribution in [-0.4, -0.2) is 54.9 Å². The zero-order valence-electron chi connectivity index (χ0n) is 18.0. The normalized spacial score (nSPS) is 22.6. The van der Waals surface area contributed by atoms with E-state index in [-0.39, 0.29) is 5.91 Å². The molecule has 162 valence electrons. The number of fused-ring (bicyclic) bond motifs is 1. The Labute approximate surface area is 179 Å². The molecule has 1 aliphatic carbocycles. The number of rotatable bonds is 4. The fourth-order valence-electron chi connectivity index (χ4n) is 5.74. The highest BCUT2D eigenvalue weighted by atomic mass is 16.5. The Morgan fingerprint density at radius 1 is 0.967 bits per heavy atom. The predicted molar refractivity (Wildman–Crippen MR) is 118 cm³/mol. The number of aromatic nitrogens is 1. The van der Waals surface area contributed by atoms with E-state index in [1.54, 1.807) is 0 Å². The lowest BCUT2D eigenvalue weighted by Gasteiger charge is -2.42. The van der Waals surface area contributed by atoms with Crippen molar-refractivity contribution in [1.29, 1.82) is 0 Å². The van der Waals surface area contributed by atoms with Crippen LogP contribution >= 0.6 is 0 Å². The third-order valence-corrected chi connectivity index (χ3v) is 7.81. The van der Waals surface area contributed by atoms with Gasteiger partial charge in [0, 0.05) is 49.9 Å². The maximum atomic E-state index is 13.2. The van der Waals surface area contributed by atoms with Gasteiger partial charge in [0.2, 0.25) is 0 Å². The van der Waals surface area contributed by atoms with Crippen LogP contribution in [0.25, 0.3) is 10.9 Å². The Kier molecular flexibility index (Phi) is 5.83. The highest BCUT2D eigenvalue weighted by molar-refractivity contribution is 6.07. The van der Waals surface area contributed by atoms with Crippen molar-refractivity contribution in [2.24, 2.45) is 11.3 Å². The van der Waals surface area contributed by atoms with Crippen LogP contribution in [0.5, 0.6) is 0 Å². The summed E-state index contributed by atoms with van der Waals surface area (Å²) < 4.78 is 13.3. The second-order valence-corrected chi connectivity index (χ2v) is 9.50. The molecule has 2 aliphatic heterocycles. The number of aryl methyl sites for hydroxylation is 1. The fraction of sp³-hybridized carbons (Fsp3) is 0.640. The van der Waals surface area contributed by atoms with Gasteiger partial charge in [0.1, 0.15) is 0 Å². The number of carbonyl (C=O) groups is 1. The molecule has 1 saturated carbocycles. The molecule has 1 aromatic heterocycles. The van der Waals surface area contributed by atoms with Crippen molar-refractivity contribution in [2.45, 2.75) is 51.5 Å². The van der Waals surface area contributed by atoms with Crippen LogP contribution < -0.4 is 0 Å². The average Bonchev–Trinajstić information content (AvgIpc) is 3.18. The molecule has 0 atom stereocenters. The van der Waals surface area contributed by atoms with Crippen molar-refractivity contribution in [1.82, 2.24) is 9.47 Å². The molecule has 2 aromatic rings. The number of para-hydroxylation sites is 1. The van der Waals surface area contributed by atoms with Crippen LogP contribution in [0.3, 0.4) is 0 Å². The van der Waals surface area contributed by atoms with E-state index in [0.29, 0.717) is 31.7 Å². The van der Waals surface area contributed by atoms with Crippen molar-refractivity contribution in [3.8, 4) is 0 Å². The lowest BCUT2D eigenvalue weighted by molar-refractivity contribution is -0.0136. The molecule has 1 spiro atoms. The number of benzene rings is 1. The van der Waals surface area contributed by atoms with Gasteiger partial charge in [-0.1, -0.05) is 18.2 Å². The van der Waals surface area contributed by atoms with E-state index in [2.05, 4.69) is 29.0 Å².